The van der Waals surface area contributed by atoms with Gasteiger partial charge in [0.2, 0.25) is 0 Å². The standard InChI is InChI=1S/C14H18F3NO2S/c1-13(2,3)20-12(19)11(18)8-9-4-6-10(7-5-9)21-14(15,16)17/h4-7,11H,8,18H2,1-3H3. The third kappa shape index (κ3) is 7.38. The van der Waals surface area contributed by atoms with Crippen LogP contribution in [0.25, 0.3) is 0 Å². The van der Waals surface area contributed by atoms with Crippen LogP contribution >= 0.6 is 11.8 Å². The molecule has 0 fully saturated rings. The van der Waals surface area contributed by atoms with E-state index in [1.54, 1.807) is 20.8 Å². The number of benzene rings is 1. The zero-order chi connectivity index (χ0) is 16.3. The van der Waals surface area contributed by atoms with E-state index in [-0.39, 0.29) is 23.1 Å². The van der Waals surface area contributed by atoms with Crippen LogP contribution in [0.5, 0.6) is 0 Å². The Bertz CT molecular complexity index is 480. The second-order valence-corrected chi connectivity index (χ2v) is 6.67. The number of hydrogen-bond acceptors (Lipinski definition) is 4. The largest absolute Gasteiger partial charge is 0.459 e. The molecule has 0 amide bonds. The summed E-state index contributed by atoms with van der Waals surface area (Å²) in [5.41, 5.74) is 1.48. The minimum absolute atomic E-state index is 0.0945. The van der Waals surface area contributed by atoms with Crippen molar-refractivity contribution in [3.63, 3.8) is 0 Å². The Hall–Kier alpha value is -1.21. The van der Waals surface area contributed by atoms with Crippen LogP contribution in [0.15, 0.2) is 29.2 Å². The lowest BCUT2D eigenvalue weighted by atomic mass is 10.1. The molecule has 0 bridgehead atoms. The van der Waals surface area contributed by atoms with Crippen molar-refractivity contribution in [3.05, 3.63) is 29.8 Å². The Balaban J connectivity index is 2.61. The second kappa shape index (κ2) is 6.70. The zero-order valence-corrected chi connectivity index (χ0v) is 12.8. The molecule has 1 atom stereocenters. The van der Waals surface area contributed by atoms with E-state index >= 15 is 0 Å². The summed E-state index contributed by atoms with van der Waals surface area (Å²) in [5.74, 6) is -0.531. The van der Waals surface area contributed by atoms with Gasteiger partial charge < -0.3 is 10.5 Å². The number of rotatable bonds is 4. The van der Waals surface area contributed by atoms with Gasteiger partial charge in [0.25, 0.3) is 0 Å². The minimum Gasteiger partial charge on any atom is -0.459 e. The first-order valence-electron chi connectivity index (χ1n) is 6.29. The molecule has 0 spiro atoms. The Morgan fingerprint density at radius 2 is 1.76 bits per heavy atom. The molecule has 1 aromatic carbocycles. The number of ether oxygens (including phenoxy) is 1. The number of nitrogens with two attached hydrogens (primary N) is 1. The van der Waals surface area contributed by atoms with E-state index in [0.29, 0.717) is 5.56 Å². The molecule has 1 unspecified atom stereocenters. The van der Waals surface area contributed by atoms with Crippen molar-refractivity contribution in [3.8, 4) is 0 Å². The normalized spacial score (nSPS) is 13.9. The summed E-state index contributed by atoms with van der Waals surface area (Å²) in [7, 11) is 0. The van der Waals surface area contributed by atoms with Gasteiger partial charge in [0, 0.05) is 4.90 Å². The molecule has 0 aliphatic heterocycles. The average Bonchev–Trinajstić information content (AvgIpc) is 2.27. The fraction of sp³-hybridized carbons (Fsp3) is 0.500. The van der Waals surface area contributed by atoms with Gasteiger partial charge >= 0.3 is 11.5 Å². The topological polar surface area (TPSA) is 52.3 Å². The maximum Gasteiger partial charge on any atom is 0.446 e. The van der Waals surface area contributed by atoms with Crippen LogP contribution < -0.4 is 5.73 Å². The number of alkyl halides is 3. The van der Waals surface area contributed by atoms with Gasteiger partial charge in [-0.2, -0.15) is 13.2 Å². The first-order chi connectivity index (χ1) is 9.46. The first-order valence-corrected chi connectivity index (χ1v) is 7.11. The van der Waals surface area contributed by atoms with Crippen molar-refractivity contribution in [1.82, 2.24) is 0 Å². The third-order valence-corrected chi connectivity index (χ3v) is 3.06. The van der Waals surface area contributed by atoms with Crippen LogP contribution in [0.3, 0.4) is 0 Å². The Morgan fingerprint density at radius 3 is 2.19 bits per heavy atom. The molecule has 21 heavy (non-hydrogen) atoms. The second-order valence-electron chi connectivity index (χ2n) is 5.54. The summed E-state index contributed by atoms with van der Waals surface area (Å²) in [5, 5.41) is 0. The highest BCUT2D eigenvalue weighted by Gasteiger charge is 2.29. The lowest BCUT2D eigenvalue weighted by Crippen LogP contribution is -2.38. The number of hydrogen-bond donors (Lipinski definition) is 1. The van der Waals surface area contributed by atoms with E-state index in [2.05, 4.69) is 0 Å². The summed E-state index contributed by atoms with van der Waals surface area (Å²) in [6, 6.07) is 4.92. The molecule has 0 aliphatic carbocycles. The molecule has 118 valence electrons. The SMILES string of the molecule is CC(C)(C)OC(=O)C(N)Cc1ccc(SC(F)(F)F)cc1. The summed E-state index contributed by atoms with van der Waals surface area (Å²) in [6.45, 7) is 5.21. The van der Waals surface area contributed by atoms with Crippen molar-refractivity contribution in [2.24, 2.45) is 5.73 Å². The molecule has 0 heterocycles. The van der Waals surface area contributed by atoms with Gasteiger partial charge in [-0.25, -0.2) is 0 Å². The van der Waals surface area contributed by atoms with Crippen molar-refractivity contribution in [2.75, 3.05) is 0 Å². The summed E-state index contributed by atoms with van der Waals surface area (Å²) in [4.78, 5) is 11.8. The van der Waals surface area contributed by atoms with Gasteiger partial charge in [-0.05, 0) is 56.7 Å². The van der Waals surface area contributed by atoms with Crippen LogP contribution in [0.2, 0.25) is 0 Å². The molecule has 0 saturated carbocycles. The predicted octanol–water partition coefficient (Wildman–Crippen LogP) is 3.51. The third-order valence-electron chi connectivity index (χ3n) is 2.32. The summed E-state index contributed by atoms with van der Waals surface area (Å²) < 4.78 is 41.7. The smallest absolute Gasteiger partial charge is 0.446 e. The number of carbonyl (C=O) groups excluding carboxylic acids is 1. The number of carbonyl (C=O) groups is 1. The summed E-state index contributed by atoms with van der Waals surface area (Å²) in [6.07, 6.45) is 0.214. The van der Waals surface area contributed by atoms with Crippen molar-refractivity contribution >= 4 is 17.7 Å². The maximum atomic E-state index is 12.2. The molecule has 0 aliphatic rings. The van der Waals surface area contributed by atoms with E-state index in [9.17, 15) is 18.0 Å². The Kier molecular flexibility index (Phi) is 5.69. The molecule has 0 radical (unpaired) electrons. The van der Waals surface area contributed by atoms with E-state index in [1.807, 2.05) is 0 Å². The van der Waals surface area contributed by atoms with Crippen LogP contribution in [-0.4, -0.2) is 23.1 Å². The molecule has 1 rings (SSSR count). The Labute approximate surface area is 126 Å². The molecule has 1 aromatic rings. The van der Waals surface area contributed by atoms with Crippen LogP contribution in [-0.2, 0) is 16.0 Å². The predicted molar refractivity (Wildman–Crippen MR) is 75.9 cm³/mol. The van der Waals surface area contributed by atoms with Gasteiger partial charge in [0.15, 0.2) is 0 Å². The van der Waals surface area contributed by atoms with Gasteiger partial charge in [-0.1, -0.05) is 12.1 Å². The summed E-state index contributed by atoms with van der Waals surface area (Å²) >= 11 is -0.180. The minimum atomic E-state index is -4.31. The lowest BCUT2D eigenvalue weighted by molar-refractivity contribution is -0.156. The molecule has 3 nitrogen and oxygen atoms in total. The Morgan fingerprint density at radius 1 is 1.24 bits per heavy atom. The van der Waals surface area contributed by atoms with Gasteiger partial charge in [-0.15, -0.1) is 0 Å². The van der Waals surface area contributed by atoms with E-state index in [4.69, 9.17) is 10.5 Å². The number of esters is 1. The molecular formula is C14H18F3NO2S. The fourth-order valence-corrected chi connectivity index (χ4v) is 2.08. The van der Waals surface area contributed by atoms with Gasteiger partial charge in [-0.3, -0.25) is 4.79 Å². The highest BCUT2D eigenvalue weighted by Crippen LogP contribution is 2.36. The highest BCUT2D eigenvalue weighted by atomic mass is 32.2. The quantitative estimate of drug-likeness (QED) is 0.681. The van der Waals surface area contributed by atoms with Crippen molar-refractivity contribution < 1.29 is 22.7 Å². The van der Waals surface area contributed by atoms with E-state index in [1.165, 1.54) is 24.3 Å². The number of thioether (sulfide) groups is 1. The van der Waals surface area contributed by atoms with E-state index < -0.39 is 23.1 Å². The average molecular weight is 321 g/mol. The van der Waals surface area contributed by atoms with Crippen LogP contribution in [0.4, 0.5) is 13.2 Å². The fourth-order valence-electron chi connectivity index (χ4n) is 1.54. The van der Waals surface area contributed by atoms with Gasteiger partial charge in [0.1, 0.15) is 11.6 Å². The molecule has 2 N–H and O–H groups in total. The first kappa shape index (κ1) is 17.8. The lowest BCUT2D eigenvalue weighted by Gasteiger charge is -2.22. The molecule has 0 aromatic heterocycles. The van der Waals surface area contributed by atoms with E-state index in [0.717, 1.165) is 0 Å². The van der Waals surface area contributed by atoms with Gasteiger partial charge in [0.05, 0.1) is 0 Å². The van der Waals surface area contributed by atoms with Crippen molar-refractivity contribution in [2.45, 2.75) is 49.2 Å². The van der Waals surface area contributed by atoms with Crippen molar-refractivity contribution in [1.29, 1.82) is 0 Å². The monoisotopic (exact) mass is 321 g/mol. The molecule has 0 saturated heterocycles. The molecular weight excluding hydrogens is 303 g/mol. The number of halogens is 3. The zero-order valence-electron chi connectivity index (χ0n) is 12.0. The highest BCUT2D eigenvalue weighted by molar-refractivity contribution is 8.00. The van der Waals surface area contributed by atoms with Crippen LogP contribution in [0.1, 0.15) is 26.3 Å². The van der Waals surface area contributed by atoms with Crippen LogP contribution in [0, 0.1) is 0 Å². The maximum absolute atomic E-state index is 12.2. The molecule has 7 heteroatoms.